The summed E-state index contributed by atoms with van der Waals surface area (Å²) in [5.41, 5.74) is 0.461. The van der Waals surface area contributed by atoms with Gasteiger partial charge in [-0.3, -0.25) is 9.59 Å². The molecule has 0 bridgehead atoms. The summed E-state index contributed by atoms with van der Waals surface area (Å²) in [6.07, 6.45) is 1.50. The predicted octanol–water partition coefficient (Wildman–Crippen LogP) is 1.31. The van der Waals surface area contributed by atoms with E-state index < -0.39 is 11.8 Å². The Hall–Kier alpha value is -2.96. The fourth-order valence-corrected chi connectivity index (χ4v) is 1.97. The summed E-state index contributed by atoms with van der Waals surface area (Å²) < 4.78 is 15.9. The molecule has 2 N–H and O–H groups in total. The van der Waals surface area contributed by atoms with Gasteiger partial charge in [0.15, 0.2) is 11.5 Å². The molecule has 1 aromatic carbocycles. The highest BCUT2D eigenvalue weighted by atomic mass is 16.6. The fraction of sp³-hybridized carbons (Fsp3) is 0.200. The molecule has 7 heteroatoms. The van der Waals surface area contributed by atoms with E-state index in [1.807, 2.05) is 0 Å². The second-order valence-corrected chi connectivity index (χ2v) is 4.57. The van der Waals surface area contributed by atoms with Crippen molar-refractivity contribution in [2.24, 2.45) is 0 Å². The Morgan fingerprint density at radius 3 is 2.64 bits per heavy atom. The minimum Gasteiger partial charge on any atom is -0.486 e. The lowest BCUT2D eigenvalue weighted by Gasteiger charge is -2.18. The Morgan fingerprint density at radius 1 is 1.05 bits per heavy atom. The maximum atomic E-state index is 11.8. The highest BCUT2D eigenvalue weighted by Crippen LogP contribution is 2.32. The van der Waals surface area contributed by atoms with E-state index in [9.17, 15) is 9.59 Å². The normalized spacial score (nSPS) is 12.5. The van der Waals surface area contributed by atoms with Gasteiger partial charge in [-0.2, -0.15) is 0 Å². The van der Waals surface area contributed by atoms with Crippen LogP contribution in [0.15, 0.2) is 41.0 Å². The third kappa shape index (κ3) is 3.20. The Morgan fingerprint density at radius 2 is 1.86 bits per heavy atom. The van der Waals surface area contributed by atoms with Gasteiger partial charge in [-0.05, 0) is 24.3 Å². The summed E-state index contributed by atoms with van der Waals surface area (Å²) in [6, 6.07) is 8.36. The van der Waals surface area contributed by atoms with Crippen LogP contribution >= 0.6 is 0 Å². The summed E-state index contributed by atoms with van der Waals surface area (Å²) >= 11 is 0. The van der Waals surface area contributed by atoms with Gasteiger partial charge in [0, 0.05) is 11.8 Å². The van der Waals surface area contributed by atoms with Gasteiger partial charge in [-0.1, -0.05) is 0 Å². The molecule has 0 atom stereocenters. The summed E-state index contributed by atoms with van der Waals surface area (Å²) in [5, 5.41) is 4.97. The molecule has 0 fully saturated rings. The third-order valence-electron chi connectivity index (χ3n) is 3.01. The number of hydrogen-bond acceptors (Lipinski definition) is 5. The molecular formula is C15H14N2O5. The van der Waals surface area contributed by atoms with Crippen LogP contribution in [0.3, 0.4) is 0 Å². The van der Waals surface area contributed by atoms with Crippen molar-refractivity contribution in [3.05, 3.63) is 42.4 Å². The molecule has 1 aliphatic rings. The Bertz CT molecular complexity index is 681. The zero-order chi connectivity index (χ0) is 15.4. The van der Waals surface area contributed by atoms with Gasteiger partial charge in [0.25, 0.3) is 0 Å². The molecular weight excluding hydrogens is 288 g/mol. The number of ether oxygens (including phenoxy) is 2. The van der Waals surface area contributed by atoms with E-state index in [2.05, 4.69) is 10.6 Å². The highest BCUT2D eigenvalue weighted by molar-refractivity contribution is 6.39. The largest absolute Gasteiger partial charge is 0.486 e. The first-order valence-electron chi connectivity index (χ1n) is 6.73. The Balaban J connectivity index is 1.57. The molecule has 0 aliphatic carbocycles. The first kappa shape index (κ1) is 14.0. The number of nitrogens with one attached hydrogen (secondary N) is 2. The van der Waals surface area contributed by atoms with Crippen LogP contribution in [0.5, 0.6) is 11.5 Å². The zero-order valence-corrected chi connectivity index (χ0v) is 11.6. The number of carbonyl (C=O) groups excluding carboxylic acids is 2. The molecule has 0 radical (unpaired) electrons. The number of hydrogen-bond donors (Lipinski definition) is 2. The molecule has 0 unspecified atom stereocenters. The van der Waals surface area contributed by atoms with Gasteiger partial charge in [0.2, 0.25) is 0 Å². The van der Waals surface area contributed by atoms with Gasteiger partial charge in [-0.25, -0.2) is 0 Å². The molecule has 0 saturated heterocycles. The van der Waals surface area contributed by atoms with Crippen molar-refractivity contribution >= 4 is 17.5 Å². The van der Waals surface area contributed by atoms with Crippen molar-refractivity contribution in [1.82, 2.24) is 5.32 Å². The van der Waals surface area contributed by atoms with Crippen LogP contribution in [-0.4, -0.2) is 25.0 Å². The minimum atomic E-state index is -0.761. The van der Waals surface area contributed by atoms with Crippen molar-refractivity contribution in [3.63, 3.8) is 0 Å². The molecule has 22 heavy (non-hydrogen) atoms. The quantitative estimate of drug-likeness (QED) is 0.834. The third-order valence-corrected chi connectivity index (χ3v) is 3.01. The average Bonchev–Trinajstić information content (AvgIpc) is 3.06. The lowest BCUT2D eigenvalue weighted by molar-refractivity contribution is -0.136. The van der Waals surface area contributed by atoms with E-state index in [-0.39, 0.29) is 6.54 Å². The molecule has 3 rings (SSSR count). The van der Waals surface area contributed by atoms with Crippen LogP contribution in [0.2, 0.25) is 0 Å². The lowest BCUT2D eigenvalue weighted by Crippen LogP contribution is -2.34. The number of rotatable bonds is 3. The van der Waals surface area contributed by atoms with Gasteiger partial charge >= 0.3 is 11.8 Å². The first-order chi connectivity index (χ1) is 10.7. The maximum absolute atomic E-state index is 11.8. The summed E-state index contributed by atoms with van der Waals surface area (Å²) in [6.45, 7) is 1.10. The van der Waals surface area contributed by atoms with Gasteiger partial charge in [-0.15, -0.1) is 0 Å². The number of furan rings is 1. The van der Waals surface area contributed by atoms with Gasteiger partial charge < -0.3 is 24.5 Å². The number of fused-ring (bicyclic) bond motifs is 1. The topological polar surface area (TPSA) is 89.8 Å². The van der Waals surface area contributed by atoms with E-state index in [1.165, 1.54) is 6.26 Å². The fourth-order valence-electron chi connectivity index (χ4n) is 1.97. The highest BCUT2D eigenvalue weighted by Gasteiger charge is 2.16. The maximum Gasteiger partial charge on any atom is 0.313 e. The van der Waals surface area contributed by atoms with Crippen LogP contribution in [0, 0.1) is 0 Å². The van der Waals surface area contributed by atoms with Crippen LogP contribution in [0.4, 0.5) is 5.69 Å². The molecule has 114 valence electrons. The van der Waals surface area contributed by atoms with Crippen LogP contribution in [-0.2, 0) is 16.1 Å². The number of carbonyl (C=O) groups is 2. The lowest BCUT2D eigenvalue weighted by atomic mass is 10.2. The van der Waals surface area contributed by atoms with Crippen LogP contribution < -0.4 is 20.1 Å². The first-order valence-corrected chi connectivity index (χ1v) is 6.73. The van der Waals surface area contributed by atoms with Crippen LogP contribution in [0.1, 0.15) is 5.76 Å². The van der Waals surface area contributed by atoms with Gasteiger partial charge in [0.05, 0.1) is 12.8 Å². The van der Waals surface area contributed by atoms with Crippen molar-refractivity contribution in [2.75, 3.05) is 18.5 Å². The van der Waals surface area contributed by atoms with E-state index in [1.54, 1.807) is 30.3 Å². The standard InChI is InChI=1S/C15H14N2O5/c18-14(16-9-11-2-1-5-20-11)15(19)17-10-3-4-12-13(8-10)22-7-6-21-12/h1-5,8H,6-7,9H2,(H,16,18)(H,17,19). The number of benzene rings is 1. The molecule has 2 amide bonds. The van der Waals surface area contributed by atoms with Crippen molar-refractivity contribution in [3.8, 4) is 11.5 Å². The smallest absolute Gasteiger partial charge is 0.313 e. The Labute approximate surface area is 126 Å². The molecule has 0 spiro atoms. The number of anilines is 1. The minimum absolute atomic E-state index is 0.153. The molecule has 1 aliphatic heterocycles. The second-order valence-electron chi connectivity index (χ2n) is 4.57. The van der Waals surface area contributed by atoms with E-state index >= 15 is 0 Å². The van der Waals surface area contributed by atoms with E-state index in [0.29, 0.717) is 36.2 Å². The van der Waals surface area contributed by atoms with Gasteiger partial charge in [0.1, 0.15) is 19.0 Å². The second kappa shape index (κ2) is 6.21. The molecule has 7 nitrogen and oxygen atoms in total. The number of amides is 2. The van der Waals surface area contributed by atoms with Crippen molar-refractivity contribution < 1.29 is 23.5 Å². The van der Waals surface area contributed by atoms with Crippen molar-refractivity contribution in [1.29, 1.82) is 0 Å². The summed E-state index contributed by atoms with van der Waals surface area (Å²) in [5.74, 6) is 0.224. The monoisotopic (exact) mass is 302 g/mol. The summed E-state index contributed by atoms with van der Waals surface area (Å²) in [7, 11) is 0. The Kier molecular flexibility index (Phi) is 3.95. The molecule has 0 saturated carbocycles. The molecule has 1 aromatic heterocycles. The average molecular weight is 302 g/mol. The molecule has 2 aromatic rings. The zero-order valence-electron chi connectivity index (χ0n) is 11.6. The van der Waals surface area contributed by atoms with E-state index in [4.69, 9.17) is 13.9 Å². The van der Waals surface area contributed by atoms with Crippen LogP contribution in [0.25, 0.3) is 0 Å². The SMILES string of the molecule is O=C(NCc1ccco1)C(=O)Nc1ccc2c(c1)OCCO2. The predicted molar refractivity (Wildman–Crippen MR) is 76.6 cm³/mol. The van der Waals surface area contributed by atoms with Crippen molar-refractivity contribution in [2.45, 2.75) is 6.54 Å². The molecule has 2 heterocycles. The summed E-state index contributed by atoms with van der Waals surface area (Å²) in [4.78, 5) is 23.5. The van der Waals surface area contributed by atoms with E-state index in [0.717, 1.165) is 0 Å².